The second-order valence-electron chi connectivity index (χ2n) is 4.45. The van der Waals surface area contributed by atoms with Gasteiger partial charge in [0.05, 0.1) is 7.11 Å². The number of allylic oxidation sites excluding steroid dienone is 3. The fourth-order valence-electron chi connectivity index (χ4n) is 2.08. The number of methoxy groups -OCH3 is 1. The number of halogens is 1. The molecule has 1 aromatic rings. The van der Waals surface area contributed by atoms with Crippen LogP contribution >= 0.6 is 0 Å². The smallest absolute Gasteiger partial charge is 0.338 e. The van der Waals surface area contributed by atoms with Gasteiger partial charge in [0.25, 0.3) is 0 Å². The van der Waals surface area contributed by atoms with E-state index in [4.69, 9.17) is 0 Å². The molecular weight excluding hydrogens is 247 g/mol. The number of aliphatic hydroxyl groups excluding tert-OH is 1. The lowest BCUT2D eigenvalue weighted by Crippen LogP contribution is -2.43. The van der Waals surface area contributed by atoms with Gasteiger partial charge >= 0.3 is 5.97 Å². The van der Waals surface area contributed by atoms with Crippen LogP contribution in [-0.4, -0.2) is 30.0 Å². The Balaban J connectivity index is 2.24. The molecule has 3 nitrogen and oxygen atoms in total. The highest BCUT2D eigenvalue weighted by Gasteiger charge is 2.43. The summed E-state index contributed by atoms with van der Waals surface area (Å²) in [5.74, 6) is -0.971. The molecule has 0 spiro atoms. The number of carbonyl (C=O) groups is 1. The third kappa shape index (κ3) is 2.74. The maximum atomic E-state index is 14.7. The fourth-order valence-corrected chi connectivity index (χ4v) is 2.08. The number of benzene rings is 1. The zero-order chi connectivity index (χ0) is 13.9. The van der Waals surface area contributed by atoms with Crippen LogP contribution in [0, 0.1) is 0 Å². The Bertz CT molecular complexity index is 521. The molecule has 1 N–H and O–H groups in total. The lowest BCUT2D eigenvalue weighted by Gasteiger charge is -2.29. The summed E-state index contributed by atoms with van der Waals surface area (Å²) in [5, 5.41) is 9.74. The van der Waals surface area contributed by atoms with Gasteiger partial charge in [-0.25, -0.2) is 9.18 Å². The molecule has 2 rings (SSSR count). The quantitative estimate of drug-likeness (QED) is 0.850. The van der Waals surface area contributed by atoms with Crippen molar-refractivity contribution in [3.8, 4) is 0 Å². The fraction of sp³-hybridized carbons (Fsp3) is 0.267. The van der Waals surface area contributed by atoms with E-state index in [1.54, 1.807) is 6.08 Å². The molecule has 100 valence electrons. The molecule has 2 atom stereocenters. The highest BCUT2D eigenvalue weighted by Crippen LogP contribution is 2.35. The zero-order valence-electron chi connectivity index (χ0n) is 10.5. The van der Waals surface area contributed by atoms with Gasteiger partial charge in [-0.3, -0.25) is 0 Å². The predicted molar refractivity (Wildman–Crippen MR) is 70.0 cm³/mol. The molecule has 4 heteroatoms. The molecule has 0 heterocycles. The van der Waals surface area contributed by atoms with Crippen LogP contribution in [0.3, 0.4) is 0 Å². The monoisotopic (exact) mass is 262 g/mol. The van der Waals surface area contributed by atoms with E-state index in [0.717, 1.165) is 18.2 Å². The minimum atomic E-state index is -2.13. The van der Waals surface area contributed by atoms with Gasteiger partial charge < -0.3 is 9.84 Å². The molecule has 0 amide bonds. The number of hydrogen-bond acceptors (Lipinski definition) is 3. The molecule has 2 unspecified atom stereocenters. The van der Waals surface area contributed by atoms with Crippen molar-refractivity contribution in [2.24, 2.45) is 0 Å². The van der Waals surface area contributed by atoms with Crippen LogP contribution in [-0.2, 0) is 9.53 Å². The second-order valence-corrected chi connectivity index (χ2v) is 4.45. The van der Waals surface area contributed by atoms with Crippen LogP contribution < -0.4 is 0 Å². The summed E-state index contributed by atoms with van der Waals surface area (Å²) in [4.78, 5) is 11.3. The van der Waals surface area contributed by atoms with Gasteiger partial charge in [-0.05, 0) is 17.2 Å². The van der Waals surface area contributed by atoms with Crippen LogP contribution in [0.2, 0.25) is 0 Å². The van der Waals surface area contributed by atoms with Gasteiger partial charge in [-0.1, -0.05) is 42.5 Å². The molecule has 1 aliphatic rings. The second kappa shape index (κ2) is 5.36. The van der Waals surface area contributed by atoms with E-state index in [1.807, 2.05) is 30.3 Å². The molecule has 19 heavy (non-hydrogen) atoms. The van der Waals surface area contributed by atoms with E-state index in [1.165, 1.54) is 12.2 Å². The molecule has 0 saturated heterocycles. The van der Waals surface area contributed by atoms with E-state index < -0.39 is 17.7 Å². The summed E-state index contributed by atoms with van der Waals surface area (Å²) in [6.07, 6.45) is 2.60. The predicted octanol–water partition coefficient (Wildman–Crippen LogP) is 2.27. The molecule has 0 aliphatic heterocycles. The first-order chi connectivity index (χ1) is 9.07. The molecule has 1 aliphatic carbocycles. The summed E-state index contributed by atoms with van der Waals surface area (Å²) in [5.41, 5.74) is -0.535. The maximum absolute atomic E-state index is 14.7. The molecule has 0 bridgehead atoms. The highest BCUT2D eigenvalue weighted by molar-refractivity contribution is 5.79. The Labute approximate surface area is 111 Å². The van der Waals surface area contributed by atoms with Crippen molar-refractivity contribution < 1.29 is 19.0 Å². The first-order valence-corrected chi connectivity index (χ1v) is 5.95. The lowest BCUT2D eigenvalue weighted by atomic mass is 9.84. The van der Waals surface area contributed by atoms with E-state index in [0.29, 0.717) is 0 Å². The normalized spacial score (nSPS) is 23.6. The van der Waals surface area contributed by atoms with Gasteiger partial charge in [-0.2, -0.15) is 0 Å². The number of carbonyl (C=O) groups excluding carboxylic acids is 1. The number of alkyl halides is 1. The summed E-state index contributed by atoms with van der Waals surface area (Å²) >= 11 is 0. The number of aliphatic hydroxyl groups is 1. The Morgan fingerprint density at radius 3 is 2.74 bits per heavy atom. The third-order valence-corrected chi connectivity index (χ3v) is 3.16. The largest absolute Gasteiger partial charge is 0.467 e. The summed E-state index contributed by atoms with van der Waals surface area (Å²) in [6.45, 7) is 0. The van der Waals surface area contributed by atoms with Gasteiger partial charge in [-0.15, -0.1) is 0 Å². The number of rotatable bonds is 3. The van der Waals surface area contributed by atoms with Crippen molar-refractivity contribution in [1.82, 2.24) is 0 Å². The van der Waals surface area contributed by atoms with E-state index >= 15 is 0 Å². The Kier molecular flexibility index (Phi) is 3.81. The molecule has 0 aromatic heterocycles. The van der Waals surface area contributed by atoms with Crippen molar-refractivity contribution >= 4 is 11.5 Å². The van der Waals surface area contributed by atoms with Gasteiger partial charge in [0.2, 0.25) is 0 Å². The third-order valence-electron chi connectivity index (χ3n) is 3.16. The topological polar surface area (TPSA) is 46.5 Å². The Hall–Kier alpha value is -1.94. The van der Waals surface area contributed by atoms with Crippen LogP contribution in [0.1, 0.15) is 12.0 Å². The zero-order valence-corrected chi connectivity index (χ0v) is 10.5. The minimum Gasteiger partial charge on any atom is -0.467 e. The minimum absolute atomic E-state index is 0.0657. The summed E-state index contributed by atoms with van der Waals surface area (Å²) in [6, 6.07) is 9.29. The van der Waals surface area contributed by atoms with Crippen LogP contribution in [0.25, 0.3) is 5.57 Å². The number of hydrogen-bond donors (Lipinski definition) is 1. The first-order valence-electron chi connectivity index (χ1n) is 5.95. The Morgan fingerprint density at radius 2 is 2.11 bits per heavy atom. The Morgan fingerprint density at radius 1 is 1.42 bits per heavy atom. The highest BCUT2D eigenvalue weighted by atomic mass is 19.1. The first kappa shape index (κ1) is 13.5. The molecular formula is C15H15FO3. The van der Waals surface area contributed by atoms with Crippen molar-refractivity contribution in [3.05, 3.63) is 54.1 Å². The van der Waals surface area contributed by atoms with Crippen molar-refractivity contribution in [2.75, 3.05) is 7.11 Å². The standard InChI is InChI=1S/C15H15FO3/c1-19-14(18)13(17)15(16)9-5-8-12(10-15)11-6-3-2-4-7-11/h2-9,13,17H,10H2,1H3. The number of ether oxygens (including phenoxy) is 1. The lowest BCUT2D eigenvalue weighted by molar-refractivity contribution is -0.157. The average Bonchev–Trinajstić information content (AvgIpc) is 2.46. The molecule has 0 radical (unpaired) electrons. The van der Waals surface area contributed by atoms with Crippen LogP contribution in [0.4, 0.5) is 4.39 Å². The van der Waals surface area contributed by atoms with Crippen molar-refractivity contribution in [3.63, 3.8) is 0 Å². The van der Waals surface area contributed by atoms with E-state index in [-0.39, 0.29) is 6.42 Å². The molecule has 1 aromatic carbocycles. The summed E-state index contributed by atoms with van der Waals surface area (Å²) < 4.78 is 19.0. The van der Waals surface area contributed by atoms with Crippen LogP contribution in [0.5, 0.6) is 0 Å². The number of esters is 1. The van der Waals surface area contributed by atoms with Crippen molar-refractivity contribution in [2.45, 2.75) is 18.2 Å². The van der Waals surface area contributed by atoms with Crippen molar-refractivity contribution in [1.29, 1.82) is 0 Å². The summed E-state index contributed by atoms with van der Waals surface area (Å²) in [7, 11) is 1.12. The molecule has 0 saturated carbocycles. The van der Waals surface area contributed by atoms with Gasteiger partial charge in [0.1, 0.15) is 0 Å². The SMILES string of the molecule is COC(=O)C(O)C1(F)C=CC=C(c2ccccc2)C1. The van der Waals surface area contributed by atoms with E-state index in [9.17, 15) is 14.3 Å². The molecule has 0 fully saturated rings. The van der Waals surface area contributed by atoms with Gasteiger partial charge in [0.15, 0.2) is 11.8 Å². The van der Waals surface area contributed by atoms with Gasteiger partial charge in [0, 0.05) is 6.42 Å². The average molecular weight is 262 g/mol. The van der Waals surface area contributed by atoms with E-state index in [2.05, 4.69) is 4.74 Å². The maximum Gasteiger partial charge on any atom is 0.338 e. The van der Waals surface area contributed by atoms with Crippen LogP contribution in [0.15, 0.2) is 48.6 Å².